The number of carbonyl (C=O) groups excluding carboxylic acids is 1. The predicted molar refractivity (Wildman–Crippen MR) is 163 cm³/mol. The molecular formula is C31H31ClFN7O2. The van der Waals surface area contributed by atoms with Crippen molar-refractivity contribution in [3.63, 3.8) is 0 Å². The van der Waals surface area contributed by atoms with Gasteiger partial charge in [-0.25, -0.2) is 9.18 Å². The minimum atomic E-state index is -0.470. The van der Waals surface area contributed by atoms with Gasteiger partial charge in [-0.1, -0.05) is 29.8 Å². The summed E-state index contributed by atoms with van der Waals surface area (Å²) in [5, 5.41) is 9.72. The van der Waals surface area contributed by atoms with E-state index >= 15 is 0 Å². The number of piperazine rings is 1. The number of para-hydroxylation sites is 1. The van der Waals surface area contributed by atoms with Crippen molar-refractivity contribution in [2.24, 2.45) is 16.6 Å². The summed E-state index contributed by atoms with van der Waals surface area (Å²) < 4.78 is 19.4. The van der Waals surface area contributed by atoms with Crippen LogP contribution in [-0.4, -0.2) is 60.6 Å². The second-order valence-corrected chi connectivity index (χ2v) is 10.6. The van der Waals surface area contributed by atoms with E-state index in [0.717, 1.165) is 17.3 Å². The van der Waals surface area contributed by atoms with E-state index in [1.165, 1.54) is 6.07 Å². The zero-order chi connectivity index (χ0) is 29.1. The number of nitrogens with two attached hydrogens (primary N) is 1. The number of amidine groups is 1. The molecule has 2 atom stereocenters. The van der Waals surface area contributed by atoms with Gasteiger partial charge in [0.05, 0.1) is 29.0 Å². The van der Waals surface area contributed by atoms with Crippen molar-refractivity contribution >= 4 is 34.8 Å². The van der Waals surface area contributed by atoms with Gasteiger partial charge in [-0.15, -0.1) is 0 Å². The summed E-state index contributed by atoms with van der Waals surface area (Å²) in [5.74, 6) is 1.61. The number of rotatable bonds is 5. The molecule has 2 heterocycles. The van der Waals surface area contributed by atoms with Gasteiger partial charge in [0.25, 0.3) is 0 Å². The van der Waals surface area contributed by atoms with E-state index in [0.29, 0.717) is 55.7 Å². The van der Waals surface area contributed by atoms with E-state index in [2.05, 4.69) is 31.9 Å². The number of nitrogens with zero attached hydrogens (tertiary/aromatic N) is 3. The van der Waals surface area contributed by atoms with Crippen LogP contribution in [0.1, 0.15) is 0 Å². The Morgan fingerprint density at radius 3 is 2.43 bits per heavy atom. The molecule has 3 aromatic carbocycles. The average molecular weight is 588 g/mol. The number of hydrogen-bond donors (Lipinski definition) is 4. The van der Waals surface area contributed by atoms with E-state index in [1.54, 1.807) is 17.0 Å². The molecule has 9 nitrogen and oxygen atoms in total. The Labute approximate surface area is 248 Å². The maximum atomic E-state index is 13.6. The molecule has 6 rings (SSSR count). The summed E-state index contributed by atoms with van der Waals surface area (Å²) in [4.78, 5) is 21.6. The third-order valence-electron chi connectivity index (χ3n) is 7.46. The number of carbonyl (C=O) groups is 1. The highest BCUT2D eigenvalue weighted by atomic mass is 35.5. The summed E-state index contributed by atoms with van der Waals surface area (Å²) in [6, 6.07) is 21.2. The average Bonchev–Trinajstić information content (AvgIpc) is 3.01. The number of hydrogen-bond acceptors (Lipinski definition) is 7. The molecule has 3 aromatic rings. The van der Waals surface area contributed by atoms with Crippen LogP contribution < -0.4 is 26.4 Å². The van der Waals surface area contributed by atoms with Crippen molar-refractivity contribution in [1.29, 1.82) is 0 Å². The molecule has 11 heteroatoms. The van der Waals surface area contributed by atoms with Gasteiger partial charge in [0.1, 0.15) is 23.2 Å². The Balaban J connectivity index is 1.03. The van der Waals surface area contributed by atoms with Crippen LogP contribution in [-0.2, 0) is 0 Å². The number of nitrogens with one attached hydrogen (secondary N) is 3. The smallest absolute Gasteiger partial charge is 0.321 e. The van der Waals surface area contributed by atoms with Gasteiger partial charge in [0.15, 0.2) is 0 Å². The van der Waals surface area contributed by atoms with Gasteiger partial charge < -0.3 is 30.9 Å². The third-order valence-corrected chi connectivity index (χ3v) is 7.75. The first-order chi connectivity index (χ1) is 20.4. The van der Waals surface area contributed by atoms with Crippen LogP contribution in [0.15, 0.2) is 101 Å². The van der Waals surface area contributed by atoms with Crippen molar-refractivity contribution in [3.8, 4) is 11.5 Å². The van der Waals surface area contributed by atoms with E-state index < -0.39 is 5.82 Å². The van der Waals surface area contributed by atoms with E-state index in [4.69, 9.17) is 22.1 Å². The molecule has 3 aliphatic rings. The van der Waals surface area contributed by atoms with Crippen LogP contribution in [0, 0.1) is 11.7 Å². The van der Waals surface area contributed by atoms with Crippen molar-refractivity contribution in [2.75, 3.05) is 43.5 Å². The molecule has 2 amide bonds. The lowest BCUT2D eigenvalue weighted by Crippen LogP contribution is -2.52. The molecule has 216 valence electrons. The lowest BCUT2D eigenvalue weighted by Gasteiger charge is -2.40. The largest absolute Gasteiger partial charge is 0.457 e. The molecule has 0 saturated carbocycles. The number of aliphatic imine (C=N–C) groups is 1. The lowest BCUT2D eigenvalue weighted by molar-refractivity contribution is 0.168. The van der Waals surface area contributed by atoms with Crippen LogP contribution in [0.4, 0.5) is 20.6 Å². The van der Waals surface area contributed by atoms with Crippen molar-refractivity contribution in [3.05, 3.63) is 107 Å². The molecule has 1 aliphatic carbocycles. The summed E-state index contributed by atoms with van der Waals surface area (Å²) >= 11 is 5.95. The minimum absolute atomic E-state index is 0.0154. The summed E-state index contributed by atoms with van der Waals surface area (Å²) in [6.07, 6.45) is 4.12. The van der Waals surface area contributed by atoms with Gasteiger partial charge >= 0.3 is 6.03 Å². The molecular weight excluding hydrogens is 557 g/mol. The summed E-state index contributed by atoms with van der Waals surface area (Å²) in [6.45, 7) is 2.87. The Bertz CT molecular complexity index is 1540. The summed E-state index contributed by atoms with van der Waals surface area (Å²) in [5.41, 5.74) is 9.51. The molecule has 0 radical (unpaired) electrons. The molecule has 0 spiro atoms. The number of halogens is 2. The van der Waals surface area contributed by atoms with E-state index in [1.807, 2.05) is 60.7 Å². The van der Waals surface area contributed by atoms with E-state index in [-0.39, 0.29) is 23.0 Å². The van der Waals surface area contributed by atoms with Gasteiger partial charge in [0.2, 0.25) is 0 Å². The fraction of sp³-hybridized carbons (Fsp3) is 0.226. The quantitative estimate of drug-likeness (QED) is 0.326. The second kappa shape index (κ2) is 12.1. The number of anilines is 2. The monoisotopic (exact) mass is 587 g/mol. The number of benzene rings is 3. The maximum Gasteiger partial charge on any atom is 0.321 e. The Kier molecular flexibility index (Phi) is 7.98. The zero-order valence-corrected chi connectivity index (χ0v) is 23.5. The molecule has 0 bridgehead atoms. The van der Waals surface area contributed by atoms with Gasteiger partial charge in [0, 0.05) is 43.6 Å². The first-order valence-electron chi connectivity index (χ1n) is 13.8. The number of fused-ring (bicyclic) bond motifs is 1. The normalized spacial score (nSPS) is 20.1. The van der Waals surface area contributed by atoms with Crippen molar-refractivity contribution in [1.82, 2.24) is 15.1 Å². The maximum absolute atomic E-state index is 13.6. The fourth-order valence-electron chi connectivity index (χ4n) is 5.25. The Hall–Kier alpha value is -4.54. The molecule has 2 unspecified atom stereocenters. The molecule has 42 heavy (non-hydrogen) atoms. The molecule has 1 fully saturated rings. The van der Waals surface area contributed by atoms with Crippen molar-refractivity contribution < 1.29 is 13.9 Å². The Morgan fingerprint density at radius 2 is 1.69 bits per heavy atom. The Morgan fingerprint density at radius 1 is 0.976 bits per heavy atom. The van der Waals surface area contributed by atoms with Crippen molar-refractivity contribution in [2.45, 2.75) is 6.04 Å². The highest BCUT2D eigenvalue weighted by molar-refractivity contribution is 6.31. The number of urea groups is 1. The summed E-state index contributed by atoms with van der Waals surface area (Å²) in [7, 11) is 0. The predicted octanol–water partition coefficient (Wildman–Crippen LogP) is 5.22. The number of amides is 2. The van der Waals surface area contributed by atoms with Crippen LogP contribution in [0.25, 0.3) is 0 Å². The molecule has 1 saturated heterocycles. The van der Waals surface area contributed by atoms with Crippen LogP contribution >= 0.6 is 11.6 Å². The lowest BCUT2D eigenvalue weighted by atomic mass is 9.89. The minimum Gasteiger partial charge on any atom is -0.457 e. The van der Waals surface area contributed by atoms with Crippen LogP contribution in [0.2, 0.25) is 5.02 Å². The first-order valence-corrected chi connectivity index (χ1v) is 14.1. The van der Waals surface area contributed by atoms with Gasteiger partial charge in [-0.05, 0) is 66.7 Å². The molecule has 0 aromatic heterocycles. The van der Waals surface area contributed by atoms with E-state index in [9.17, 15) is 9.18 Å². The SMILES string of the molecule is NC1=CC2C(Nc3ccc(F)c(Cl)c3)=NCNC2C=C1N1CCN(C(=O)Nc2ccc(Oc3ccccc3)cc2)CC1. The number of ether oxygens (including phenoxy) is 1. The topological polar surface area (TPSA) is 107 Å². The second-order valence-electron chi connectivity index (χ2n) is 10.2. The first kappa shape index (κ1) is 27.6. The van der Waals surface area contributed by atoms with Gasteiger partial charge in [-0.3, -0.25) is 10.3 Å². The highest BCUT2D eigenvalue weighted by Crippen LogP contribution is 2.29. The third kappa shape index (κ3) is 6.19. The zero-order valence-electron chi connectivity index (χ0n) is 22.8. The van der Waals surface area contributed by atoms with Crippen LogP contribution in [0.3, 0.4) is 0 Å². The fourth-order valence-corrected chi connectivity index (χ4v) is 5.43. The van der Waals surface area contributed by atoms with Crippen LogP contribution in [0.5, 0.6) is 11.5 Å². The van der Waals surface area contributed by atoms with Gasteiger partial charge in [-0.2, -0.15) is 0 Å². The standard InChI is InChI=1S/C31H31ClFN7O2/c32-25-16-21(8-11-26(25)33)37-30-24-17-27(34)29(18-28(24)35-19-36-30)39-12-14-40(15-13-39)31(41)38-20-6-9-23(10-7-20)42-22-4-2-1-3-5-22/h1-11,16-18,24,28,35H,12-15,19,34H2,(H,36,37)(H,38,41). The molecule has 5 N–H and O–H groups in total. The molecule has 2 aliphatic heterocycles. The highest BCUT2D eigenvalue weighted by Gasteiger charge is 2.33.